The minimum absolute atomic E-state index is 0. The first-order valence-corrected chi connectivity index (χ1v) is 20.5. The molecule has 0 saturated heterocycles. The van der Waals surface area contributed by atoms with E-state index in [1.54, 1.807) is 23.2 Å². The van der Waals surface area contributed by atoms with Gasteiger partial charge in [-0.05, 0) is 0 Å². The van der Waals surface area contributed by atoms with E-state index >= 15 is 0 Å². The second-order valence-corrected chi connectivity index (χ2v) is 20.9. The Morgan fingerprint density at radius 3 is 1.59 bits per heavy atom. The smallest absolute Gasteiger partial charge is 0.147 e. The van der Waals surface area contributed by atoms with Crippen molar-refractivity contribution in [2.75, 3.05) is 0 Å². The molecule has 0 amide bonds. The van der Waals surface area contributed by atoms with E-state index in [1.807, 2.05) is 0 Å². The molecular formula is C43H50Cl2Zr. The molecule has 3 heteroatoms. The zero-order chi connectivity index (χ0) is 31.1. The fraction of sp³-hybridized carbons (Fsp3) is 0.326. The summed E-state index contributed by atoms with van der Waals surface area (Å²) >= 11 is -2.78. The molecular weight excluding hydrogens is 679 g/mol. The zero-order valence-electron chi connectivity index (χ0n) is 28.6. The van der Waals surface area contributed by atoms with Gasteiger partial charge in [0.25, 0.3) is 0 Å². The molecule has 0 spiro atoms. The van der Waals surface area contributed by atoms with E-state index in [0.717, 1.165) is 6.42 Å². The summed E-state index contributed by atoms with van der Waals surface area (Å²) in [6.45, 7) is 16.5. The van der Waals surface area contributed by atoms with Gasteiger partial charge in [0.1, 0.15) is 0 Å². The summed E-state index contributed by atoms with van der Waals surface area (Å²) in [7, 11) is 0. The maximum absolute atomic E-state index is 2.78. The van der Waals surface area contributed by atoms with E-state index in [2.05, 4.69) is 158 Å². The molecule has 0 saturated carbocycles. The predicted octanol–water partition coefficient (Wildman–Crippen LogP) is 12.5. The van der Waals surface area contributed by atoms with Gasteiger partial charge in [0.05, 0.1) is 0 Å². The summed E-state index contributed by atoms with van der Waals surface area (Å²) in [5, 5.41) is 0. The maximum atomic E-state index is 2.61. The van der Waals surface area contributed by atoms with E-state index in [1.165, 1.54) is 52.6 Å². The van der Waals surface area contributed by atoms with E-state index < -0.39 is 21.3 Å². The molecule has 4 aromatic rings. The fourth-order valence-corrected chi connectivity index (χ4v) is 16.6. The van der Waals surface area contributed by atoms with E-state index in [0.29, 0.717) is 3.63 Å². The van der Waals surface area contributed by atoms with Crippen LogP contribution in [0.4, 0.5) is 0 Å². The van der Waals surface area contributed by atoms with Crippen molar-refractivity contribution in [1.29, 1.82) is 0 Å². The van der Waals surface area contributed by atoms with Gasteiger partial charge >= 0.3 is 276 Å². The number of unbranched alkanes of at least 4 members (excludes halogenated alkanes) is 1. The Morgan fingerprint density at radius 1 is 0.674 bits per heavy atom. The second kappa shape index (κ2) is 14.9. The van der Waals surface area contributed by atoms with Crippen molar-refractivity contribution >= 4 is 28.0 Å². The first kappa shape index (κ1) is 36.5. The summed E-state index contributed by atoms with van der Waals surface area (Å²) in [4.78, 5) is 0. The first-order chi connectivity index (χ1) is 21.1. The topological polar surface area (TPSA) is 0 Å². The van der Waals surface area contributed by atoms with Crippen LogP contribution >= 0.6 is 24.8 Å². The molecule has 0 radical (unpaired) electrons. The molecule has 0 N–H and O–H groups in total. The van der Waals surface area contributed by atoms with E-state index in [4.69, 9.17) is 0 Å². The van der Waals surface area contributed by atoms with Crippen LogP contribution in [-0.2, 0) is 32.1 Å². The first-order valence-electron chi connectivity index (χ1n) is 16.6. The van der Waals surface area contributed by atoms with Gasteiger partial charge in [-0.3, -0.25) is 0 Å². The molecule has 0 atom stereocenters. The molecule has 240 valence electrons. The van der Waals surface area contributed by atoms with E-state index in [-0.39, 0.29) is 35.6 Å². The normalized spacial score (nSPS) is 14.0. The summed E-state index contributed by atoms with van der Waals surface area (Å²) in [5.41, 5.74) is 13.6. The van der Waals surface area contributed by atoms with Crippen molar-refractivity contribution in [2.24, 2.45) is 0 Å². The fourth-order valence-electron chi connectivity index (χ4n) is 7.10. The Kier molecular flexibility index (Phi) is 11.8. The summed E-state index contributed by atoms with van der Waals surface area (Å²) in [5.74, 6) is 0. The van der Waals surface area contributed by atoms with Crippen LogP contribution in [0.2, 0.25) is 0 Å². The van der Waals surface area contributed by atoms with Crippen LogP contribution in [0.15, 0.2) is 118 Å². The summed E-state index contributed by atoms with van der Waals surface area (Å²) < 4.78 is 3.87. The van der Waals surface area contributed by atoms with Crippen LogP contribution in [0, 0.1) is 0 Å². The van der Waals surface area contributed by atoms with Gasteiger partial charge in [-0.2, -0.15) is 0 Å². The van der Waals surface area contributed by atoms with Gasteiger partial charge in [0, 0.05) is 0 Å². The minimum atomic E-state index is -2.78. The third-order valence-corrected chi connectivity index (χ3v) is 18.2. The number of fused-ring (bicyclic) bond motifs is 3. The Labute approximate surface area is 298 Å². The average molecular weight is 729 g/mol. The maximum Gasteiger partial charge on any atom is -0.147 e. The van der Waals surface area contributed by atoms with Gasteiger partial charge in [0.15, 0.2) is 0 Å². The minimum Gasteiger partial charge on any atom is -0.147 e. The number of hydrogen-bond donors (Lipinski definition) is 0. The van der Waals surface area contributed by atoms with Crippen molar-refractivity contribution in [3.63, 3.8) is 0 Å². The molecule has 6 rings (SSSR count). The Bertz CT molecular complexity index is 1660. The second-order valence-electron chi connectivity index (χ2n) is 14.8. The molecule has 0 fully saturated rings. The van der Waals surface area contributed by atoms with Crippen molar-refractivity contribution in [3.05, 3.63) is 151 Å². The number of allylic oxidation sites excluding steroid dienone is 4. The Morgan fingerprint density at radius 2 is 1.15 bits per heavy atom. The van der Waals surface area contributed by atoms with Crippen LogP contribution in [0.25, 0.3) is 11.1 Å². The van der Waals surface area contributed by atoms with Gasteiger partial charge in [-0.25, -0.2) is 0 Å². The number of hydrogen-bond acceptors (Lipinski definition) is 0. The molecule has 0 unspecified atom stereocenters. The van der Waals surface area contributed by atoms with Crippen molar-refractivity contribution in [1.82, 2.24) is 0 Å². The van der Waals surface area contributed by atoms with Gasteiger partial charge in [-0.15, -0.1) is 24.8 Å². The van der Waals surface area contributed by atoms with Crippen molar-refractivity contribution < 1.29 is 21.3 Å². The van der Waals surface area contributed by atoms with Gasteiger partial charge < -0.3 is 0 Å². The van der Waals surface area contributed by atoms with Crippen LogP contribution in [0.3, 0.4) is 0 Å². The van der Waals surface area contributed by atoms with Gasteiger partial charge in [-0.1, -0.05) is 0 Å². The predicted molar refractivity (Wildman–Crippen MR) is 202 cm³/mol. The van der Waals surface area contributed by atoms with Crippen LogP contribution in [0.5, 0.6) is 0 Å². The molecule has 0 nitrogen and oxygen atoms in total. The van der Waals surface area contributed by atoms with Crippen molar-refractivity contribution in [3.8, 4) is 11.1 Å². The van der Waals surface area contributed by atoms with Crippen LogP contribution < -0.4 is 0 Å². The molecule has 2 aliphatic rings. The number of halogens is 2. The van der Waals surface area contributed by atoms with E-state index in [9.17, 15) is 0 Å². The van der Waals surface area contributed by atoms with Crippen LogP contribution in [-0.4, -0.2) is 3.21 Å². The third kappa shape index (κ3) is 7.23. The number of benzene rings is 4. The molecule has 0 aliphatic heterocycles. The summed E-state index contributed by atoms with van der Waals surface area (Å²) in [6.07, 6.45) is 9.76. The monoisotopic (exact) mass is 726 g/mol. The Hall–Kier alpha value is -2.31. The van der Waals surface area contributed by atoms with Crippen molar-refractivity contribution in [2.45, 2.75) is 88.6 Å². The standard InChI is InChI=1S/C21H25.C13H10.C9H13.2ClH.Zr/c1-20(2,3)16-7-9-18-14(12-16)11-15-13-17(21(4,5)6)8-10-19(15)18;1-3-7-12(8-4-1)11-13-9-5-2-6-10-13;1-2-3-6-9-7-4-5-8-9;;;/h7-13H,1-6H3;1-10H;4,7H,2-3,5-6H2,1H3;2*1H;. The Balaban J connectivity index is 0.00000240. The SMILES string of the molecule is CCCCC1=[C]([Zr](=[C](c2ccccc2)c2ccccc2)[CH]2c3cc(C(C)(C)C)ccc3-c3ccc(C(C)(C)C)cc32)CC=C1.Cl.Cl. The molecule has 0 heterocycles. The summed E-state index contributed by atoms with van der Waals surface area (Å²) in [6, 6.07) is 37.7. The quantitative estimate of drug-likeness (QED) is 0.178. The average Bonchev–Trinajstić information content (AvgIpc) is 3.60. The molecule has 0 aromatic heterocycles. The molecule has 4 aromatic carbocycles. The largest absolute Gasteiger partial charge is 0.147 e. The molecule has 0 bridgehead atoms. The molecule has 2 aliphatic carbocycles. The number of rotatable bonds is 7. The zero-order valence-corrected chi connectivity index (χ0v) is 32.7. The molecule has 46 heavy (non-hydrogen) atoms. The van der Waals surface area contributed by atoms with Crippen LogP contribution in [0.1, 0.15) is 111 Å². The van der Waals surface area contributed by atoms with Gasteiger partial charge in [0.2, 0.25) is 0 Å². The third-order valence-electron chi connectivity index (χ3n) is 9.58.